The van der Waals surface area contributed by atoms with Crippen LogP contribution in [0.15, 0.2) is 71.5 Å². The smallest absolute Gasteiger partial charge is 0.272 e. The van der Waals surface area contributed by atoms with Gasteiger partial charge in [-0.1, -0.05) is 49.4 Å². The monoisotopic (exact) mass is 405 g/mol. The zero-order valence-corrected chi connectivity index (χ0v) is 16.5. The van der Waals surface area contributed by atoms with E-state index in [9.17, 15) is 13.6 Å². The molecule has 30 heavy (non-hydrogen) atoms. The number of aromatic amines is 1. The third-order valence-corrected chi connectivity index (χ3v) is 5.29. The fourth-order valence-electron chi connectivity index (χ4n) is 3.54. The van der Waals surface area contributed by atoms with Crippen LogP contribution in [0.25, 0.3) is 21.9 Å². The van der Waals surface area contributed by atoms with Gasteiger partial charge in [-0.2, -0.15) is 5.10 Å². The lowest BCUT2D eigenvalue weighted by molar-refractivity contribution is 0.585. The van der Waals surface area contributed by atoms with E-state index in [1.165, 1.54) is 12.1 Å². The summed E-state index contributed by atoms with van der Waals surface area (Å²) in [7, 11) is 0. The Balaban J connectivity index is 1.42. The van der Waals surface area contributed by atoms with Gasteiger partial charge in [0.05, 0.1) is 5.39 Å². The van der Waals surface area contributed by atoms with Gasteiger partial charge in [0.1, 0.15) is 11.6 Å². The summed E-state index contributed by atoms with van der Waals surface area (Å²) in [5, 5.41) is 11.3. The Morgan fingerprint density at radius 2 is 1.73 bits per heavy atom. The average Bonchev–Trinajstić information content (AvgIpc) is 2.76. The van der Waals surface area contributed by atoms with E-state index in [-0.39, 0.29) is 11.5 Å². The predicted molar refractivity (Wildman–Crippen MR) is 116 cm³/mol. The third kappa shape index (κ3) is 4.08. The normalized spacial score (nSPS) is 12.1. The topological polar surface area (TPSA) is 57.8 Å². The van der Waals surface area contributed by atoms with Crippen LogP contribution in [0.2, 0.25) is 0 Å². The molecule has 0 amide bonds. The Hall–Kier alpha value is -3.54. The maximum absolute atomic E-state index is 14.0. The van der Waals surface area contributed by atoms with Crippen molar-refractivity contribution in [2.75, 3.05) is 11.9 Å². The first-order valence-electron chi connectivity index (χ1n) is 9.79. The predicted octanol–water partition coefficient (Wildman–Crippen LogP) is 5.47. The van der Waals surface area contributed by atoms with Crippen molar-refractivity contribution in [3.63, 3.8) is 0 Å². The van der Waals surface area contributed by atoms with Crippen molar-refractivity contribution in [2.45, 2.75) is 19.3 Å². The molecule has 0 radical (unpaired) electrons. The minimum absolute atomic E-state index is 0.206. The third-order valence-electron chi connectivity index (χ3n) is 5.29. The van der Waals surface area contributed by atoms with Crippen LogP contribution < -0.4 is 10.9 Å². The summed E-state index contributed by atoms with van der Waals surface area (Å²) < 4.78 is 27.1. The summed E-state index contributed by atoms with van der Waals surface area (Å²) in [6.45, 7) is 2.80. The van der Waals surface area contributed by atoms with Gasteiger partial charge in [0, 0.05) is 23.6 Å². The van der Waals surface area contributed by atoms with E-state index in [0.29, 0.717) is 28.9 Å². The molecular formula is C24H21F2N3O. The molecule has 4 aromatic rings. The van der Waals surface area contributed by atoms with Gasteiger partial charge in [0.15, 0.2) is 5.82 Å². The van der Waals surface area contributed by atoms with Crippen molar-refractivity contribution in [1.82, 2.24) is 10.2 Å². The van der Waals surface area contributed by atoms with E-state index in [1.54, 1.807) is 6.07 Å². The van der Waals surface area contributed by atoms with E-state index in [2.05, 4.69) is 22.4 Å². The quantitative estimate of drug-likeness (QED) is 0.447. The molecule has 0 aliphatic carbocycles. The molecule has 0 spiro atoms. The molecule has 0 aliphatic rings. The minimum Gasteiger partial charge on any atom is -0.368 e. The summed E-state index contributed by atoms with van der Waals surface area (Å²) in [5.41, 5.74) is 2.02. The lowest BCUT2D eigenvalue weighted by Gasteiger charge is -2.14. The number of fused-ring (bicyclic) bond motifs is 1. The Kier molecular flexibility index (Phi) is 5.57. The van der Waals surface area contributed by atoms with E-state index in [4.69, 9.17) is 0 Å². The number of hydrogen-bond donors (Lipinski definition) is 2. The van der Waals surface area contributed by atoms with Crippen LogP contribution >= 0.6 is 0 Å². The SMILES string of the molecule is CC(CCNc1n[nH]c(=O)c2ccccc12)c1ccc(-c2ccc(F)cc2F)cc1. The molecule has 0 aliphatic heterocycles. The zero-order valence-electron chi connectivity index (χ0n) is 16.5. The molecule has 0 bridgehead atoms. The number of nitrogens with zero attached hydrogens (tertiary/aromatic N) is 1. The average molecular weight is 405 g/mol. The van der Waals surface area contributed by atoms with Crippen LogP contribution in [0.1, 0.15) is 24.8 Å². The molecule has 152 valence electrons. The van der Waals surface area contributed by atoms with E-state index >= 15 is 0 Å². The molecule has 6 heteroatoms. The largest absolute Gasteiger partial charge is 0.368 e. The molecule has 1 unspecified atom stereocenters. The molecular weight excluding hydrogens is 384 g/mol. The summed E-state index contributed by atoms with van der Waals surface area (Å²) in [4.78, 5) is 11.9. The lowest BCUT2D eigenvalue weighted by atomic mass is 9.95. The Morgan fingerprint density at radius 3 is 2.47 bits per heavy atom. The van der Waals surface area contributed by atoms with Crippen molar-refractivity contribution < 1.29 is 8.78 Å². The zero-order chi connectivity index (χ0) is 21.1. The Morgan fingerprint density at radius 1 is 1.00 bits per heavy atom. The number of hydrogen-bond acceptors (Lipinski definition) is 3. The highest BCUT2D eigenvalue weighted by atomic mass is 19.1. The summed E-state index contributed by atoms with van der Waals surface area (Å²) in [6, 6.07) is 18.6. The molecule has 1 aromatic heterocycles. The maximum atomic E-state index is 14.0. The van der Waals surface area contributed by atoms with Crippen molar-refractivity contribution in [3.05, 3.63) is 94.3 Å². The molecule has 2 N–H and O–H groups in total. The van der Waals surface area contributed by atoms with Gasteiger partial charge in [-0.05, 0) is 41.7 Å². The Labute approximate surface area is 172 Å². The number of aromatic nitrogens is 2. The molecule has 0 fully saturated rings. The van der Waals surface area contributed by atoms with Gasteiger partial charge in [0.25, 0.3) is 5.56 Å². The van der Waals surface area contributed by atoms with Gasteiger partial charge in [-0.15, -0.1) is 0 Å². The molecule has 0 saturated heterocycles. The highest BCUT2D eigenvalue weighted by Crippen LogP contribution is 2.27. The molecule has 4 rings (SSSR count). The van der Waals surface area contributed by atoms with Gasteiger partial charge in [-0.3, -0.25) is 4.79 Å². The first-order chi connectivity index (χ1) is 14.5. The van der Waals surface area contributed by atoms with Crippen LogP contribution in [-0.4, -0.2) is 16.7 Å². The maximum Gasteiger partial charge on any atom is 0.272 e. The second-order valence-corrected chi connectivity index (χ2v) is 7.31. The van der Waals surface area contributed by atoms with Gasteiger partial charge < -0.3 is 5.32 Å². The fourth-order valence-corrected chi connectivity index (χ4v) is 3.54. The number of rotatable bonds is 6. The van der Waals surface area contributed by atoms with E-state index < -0.39 is 11.6 Å². The van der Waals surface area contributed by atoms with Gasteiger partial charge in [-0.25, -0.2) is 13.9 Å². The minimum atomic E-state index is -0.584. The second-order valence-electron chi connectivity index (χ2n) is 7.31. The molecule has 4 nitrogen and oxygen atoms in total. The number of nitrogens with one attached hydrogen (secondary N) is 2. The van der Waals surface area contributed by atoms with Crippen molar-refractivity contribution >= 4 is 16.6 Å². The standard InChI is InChI=1S/C24H21F2N3O/c1-15(12-13-27-23-20-4-2-3-5-21(20)24(30)29-28-23)16-6-8-17(9-7-16)19-11-10-18(25)14-22(19)26/h2-11,14-15H,12-13H2,1H3,(H,27,28)(H,29,30). The van der Waals surface area contributed by atoms with Crippen LogP contribution in [-0.2, 0) is 0 Å². The number of anilines is 1. The molecule has 1 heterocycles. The summed E-state index contributed by atoms with van der Waals surface area (Å²) >= 11 is 0. The number of benzene rings is 3. The van der Waals surface area contributed by atoms with Gasteiger partial charge in [0.2, 0.25) is 0 Å². The van der Waals surface area contributed by atoms with Crippen LogP contribution in [0.4, 0.5) is 14.6 Å². The first kappa shape index (κ1) is 19.8. The molecule has 0 saturated carbocycles. The number of H-pyrrole nitrogens is 1. The summed E-state index contributed by atoms with van der Waals surface area (Å²) in [5.74, 6) is -0.238. The highest BCUT2D eigenvalue weighted by molar-refractivity contribution is 5.90. The van der Waals surface area contributed by atoms with E-state index in [0.717, 1.165) is 23.4 Å². The second kappa shape index (κ2) is 8.45. The fraction of sp³-hybridized carbons (Fsp3) is 0.167. The van der Waals surface area contributed by atoms with Crippen molar-refractivity contribution in [3.8, 4) is 11.1 Å². The Bertz CT molecular complexity index is 1240. The van der Waals surface area contributed by atoms with Crippen LogP contribution in [0, 0.1) is 11.6 Å². The van der Waals surface area contributed by atoms with Crippen LogP contribution in [0.3, 0.4) is 0 Å². The number of halogens is 2. The van der Waals surface area contributed by atoms with E-state index in [1.807, 2.05) is 42.5 Å². The lowest BCUT2D eigenvalue weighted by Crippen LogP contribution is -2.13. The summed E-state index contributed by atoms with van der Waals surface area (Å²) in [6.07, 6.45) is 0.847. The van der Waals surface area contributed by atoms with Crippen LogP contribution in [0.5, 0.6) is 0 Å². The van der Waals surface area contributed by atoms with Gasteiger partial charge >= 0.3 is 0 Å². The van der Waals surface area contributed by atoms with Crippen molar-refractivity contribution in [1.29, 1.82) is 0 Å². The van der Waals surface area contributed by atoms with Crippen molar-refractivity contribution in [2.24, 2.45) is 0 Å². The molecule has 1 atom stereocenters. The highest BCUT2D eigenvalue weighted by Gasteiger charge is 2.10. The first-order valence-corrected chi connectivity index (χ1v) is 9.79. The molecule has 3 aromatic carbocycles.